The van der Waals surface area contributed by atoms with E-state index in [1.54, 1.807) is 31.6 Å². The number of ether oxygens (including phenoxy) is 2. The third kappa shape index (κ3) is 4.60. The molecule has 0 aliphatic carbocycles. The van der Waals surface area contributed by atoms with Crippen molar-refractivity contribution >= 4 is 17.6 Å². The number of morpholine rings is 1. The number of hydrogen-bond acceptors (Lipinski definition) is 9. The number of aromatic nitrogens is 5. The predicted octanol–water partition coefficient (Wildman–Crippen LogP) is 2.83. The number of pyridine rings is 1. The summed E-state index contributed by atoms with van der Waals surface area (Å²) < 4.78 is 25.0. The number of nitrogens with one attached hydrogen (secondary N) is 1. The van der Waals surface area contributed by atoms with Crippen LogP contribution in [0.25, 0.3) is 11.1 Å². The van der Waals surface area contributed by atoms with E-state index in [9.17, 15) is 4.39 Å². The van der Waals surface area contributed by atoms with Crippen molar-refractivity contribution in [3.05, 3.63) is 42.6 Å². The minimum atomic E-state index is -0.627. The Bertz CT molecular complexity index is 1010. The standard InChI is InChI=1S/C20H22FN7O2/c1-12-10-28(11-13(2)30-12)20-24-16(21)7-17(26-20)25-18-6-15(9-23-27-18)14-4-5-19(29-3)22-8-14/h4-9,12-13H,10-11H2,1-3H3,(H,24,25,26,27)/t12-,13+. The molecule has 1 saturated heterocycles. The molecule has 0 aromatic carbocycles. The van der Waals surface area contributed by atoms with Gasteiger partial charge in [-0.3, -0.25) is 0 Å². The third-order valence-corrected chi connectivity index (χ3v) is 4.58. The average Bonchev–Trinajstić information content (AvgIpc) is 2.73. The summed E-state index contributed by atoms with van der Waals surface area (Å²) in [6.45, 7) is 5.12. The lowest BCUT2D eigenvalue weighted by Crippen LogP contribution is -2.46. The van der Waals surface area contributed by atoms with Gasteiger partial charge in [-0.25, -0.2) is 4.98 Å². The molecule has 0 unspecified atom stereocenters. The molecule has 2 atom stereocenters. The molecule has 1 aliphatic heterocycles. The SMILES string of the molecule is COc1ccc(-c2cnnc(Nc3cc(F)nc(N4C[C@@H](C)O[C@@H](C)C4)n3)c2)cn1. The largest absolute Gasteiger partial charge is 0.481 e. The first-order valence-electron chi connectivity index (χ1n) is 9.55. The van der Waals surface area contributed by atoms with Gasteiger partial charge >= 0.3 is 0 Å². The first kappa shape index (κ1) is 19.9. The highest BCUT2D eigenvalue weighted by atomic mass is 19.1. The van der Waals surface area contributed by atoms with Crippen molar-refractivity contribution in [1.29, 1.82) is 0 Å². The van der Waals surface area contributed by atoms with E-state index < -0.39 is 5.95 Å². The summed E-state index contributed by atoms with van der Waals surface area (Å²) in [4.78, 5) is 14.5. The third-order valence-electron chi connectivity index (χ3n) is 4.58. The van der Waals surface area contributed by atoms with E-state index in [1.807, 2.05) is 24.8 Å². The van der Waals surface area contributed by atoms with Gasteiger partial charge in [-0.2, -0.15) is 19.5 Å². The van der Waals surface area contributed by atoms with Crippen molar-refractivity contribution in [2.45, 2.75) is 26.1 Å². The second-order valence-corrected chi connectivity index (χ2v) is 7.08. The van der Waals surface area contributed by atoms with Crippen LogP contribution in [0, 0.1) is 5.95 Å². The van der Waals surface area contributed by atoms with Gasteiger partial charge in [0.25, 0.3) is 0 Å². The lowest BCUT2D eigenvalue weighted by molar-refractivity contribution is -0.00576. The Balaban J connectivity index is 1.56. The van der Waals surface area contributed by atoms with E-state index in [2.05, 4.69) is 30.5 Å². The van der Waals surface area contributed by atoms with Gasteiger partial charge in [-0.05, 0) is 26.0 Å². The van der Waals surface area contributed by atoms with E-state index in [-0.39, 0.29) is 12.2 Å². The molecule has 3 aromatic heterocycles. The van der Waals surface area contributed by atoms with Crippen molar-refractivity contribution in [3.63, 3.8) is 0 Å². The van der Waals surface area contributed by atoms with Crippen LogP contribution in [0.2, 0.25) is 0 Å². The molecule has 10 heteroatoms. The summed E-state index contributed by atoms with van der Waals surface area (Å²) in [5, 5.41) is 11.1. The molecule has 0 spiro atoms. The second-order valence-electron chi connectivity index (χ2n) is 7.08. The van der Waals surface area contributed by atoms with Crippen LogP contribution in [-0.4, -0.2) is 57.6 Å². The molecule has 30 heavy (non-hydrogen) atoms. The number of rotatable bonds is 5. The van der Waals surface area contributed by atoms with Crippen LogP contribution in [0.3, 0.4) is 0 Å². The Morgan fingerprint density at radius 3 is 2.57 bits per heavy atom. The van der Waals surface area contributed by atoms with Gasteiger partial charge in [-0.15, -0.1) is 5.10 Å². The smallest absolute Gasteiger partial charge is 0.230 e. The number of nitrogens with zero attached hydrogens (tertiary/aromatic N) is 6. The Kier molecular flexibility index (Phi) is 5.66. The molecule has 156 valence electrons. The van der Waals surface area contributed by atoms with Gasteiger partial charge in [0.2, 0.25) is 17.8 Å². The van der Waals surface area contributed by atoms with Crippen molar-refractivity contribution in [1.82, 2.24) is 25.1 Å². The average molecular weight is 411 g/mol. The zero-order valence-electron chi connectivity index (χ0n) is 16.9. The summed E-state index contributed by atoms with van der Waals surface area (Å²) in [6, 6.07) is 6.64. The first-order chi connectivity index (χ1) is 14.5. The molecule has 0 bridgehead atoms. The highest BCUT2D eigenvalue weighted by Crippen LogP contribution is 2.24. The van der Waals surface area contributed by atoms with Crippen molar-refractivity contribution in [3.8, 4) is 17.0 Å². The van der Waals surface area contributed by atoms with Crippen LogP contribution < -0.4 is 15.0 Å². The van der Waals surface area contributed by atoms with E-state index in [1.165, 1.54) is 6.07 Å². The molecule has 0 saturated carbocycles. The van der Waals surface area contributed by atoms with Crippen LogP contribution >= 0.6 is 0 Å². The van der Waals surface area contributed by atoms with Gasteiger partial charge in [0.1, 0.15) is 5.82 Å². The summed E-state index contributed by atoms with van der Waals surface area (Å²) >= 11 is 0. The van der Waals surface area contributed by atoms with Crippen molar-refractivity contribution < 1.29 is 13.9 Å². The number of anilines is 3. The van der Waals surface area contributed by atoms with E-state index in [4.69, 9.17) is 9.47 Å². The Labute approximate surface area is 173 Å². The van der Waals surface area contributed by atoms with Crippen molar-refractivity contribution in [2.24, 2.45) is 0 Å². The monoisotopic (exact) mass is 411 g/mol. The Morgan fingerprint density at radius 2 is 1.87 bits per heavy atom. The molecule has 9 nitrogen and oxygen atoms in total. The molecule has 0 amide bonds. The fourth-order valence-electron chi connectivity index (χ4n) is 3.34. The number of methoxy groups -OCH3 is 1. The quantitative estimate of drug-likeness (QED) is 0.636. The van der Waals surface area contributed by atoms with E-state index in [0.29, 0.717) is 36.6 Å². The molecule has 4 heterocycles. The highest BCUT2D eigenvalue weighted by Gasteiger charge is 2.25. The maximum Gasteiger partial charge on any atom is 0.230 e. The number of hydrogen-bond donors (Lipinski definition) is 1. The topological polar surface area (TPSA) is 98.2 Å². The molecular formula is C20H22FN7O2. The van der Waals surface area contributed by atoms with E-state index in [0.717, 1.165) is 11.1 Å². The minimum Gasteiger partial charge on any atom is -0.481 e. The zero-order chi connectivity index (χ0) is 21.1. The molecular weight excluding hydrogens is 389 g/mol. The summed E-state index contributed by atoms with van der Waals surface area (Å²) in [5.41, 5.74) is 1.65. The van der Waals surface area contributed by atoms with Crippen molar-refractivity contribution in [2.75, 3.05) is 30.4 Å². The Hall–Kier alpha value is -3.40. The highest BCUT2D eigenvalue weighted by molar-refractivity contribution is 5.66. The van der Waals surface area contributed by atoms with Crippen LogP contribution in [0.5, 0.6) is 5.88 Å². The van der Waals surface area contributed by atoms with Gasteiger partial charge in [-0.1, -0.05) is 0 Å². The van der Waals surface area contributed by atoms with Crippen LogP contribution in [0.4, 0.5) is 22.0 Å². The van der Waals surface area contributed by atoms with Crippen LogP contribution in [0.15, 0.2) is 36.7 Å². The second kappa shape index (κ2) is 8.54. The lowest BCUT2D eigenvalue weighted by Gasteiger charge is -2.35. The maximum atomic E-state index is 14.2. The molecule has 1 fully saturated rings. The number of halogens is 1. The zero-order valence-corrected chi connectivity index (χ0v) is 16.9. The first-order valence-corrected chi connectivity index (χ1v) is 9.55. The molecule has 0 radical (unpaired) electrons. The lowest BCUT2D eigenvalue weighted by atomic mass is 10.1. The molecule has 4 rings (SSSR count). The van der Waals surface area contributed by atoms with Crippen LogP contribution in [-0.2, 0) is 4.74 Å². The van der Waals surface area contributed by atoms with Gasteiger partial charge < -0.3 is 19.7 Å². The predicted molar refractivity (Wildman–Crippen MR) is 109 cm³/mol. The van der Waals surface area contributed by atoms with Crippen LogP contribution in [0.1, 0.15) is 13.8 Å². The van der Waals surface area contributed by atoms with E-state index >= 15 is 0 Å². The van der Waals surface area contributed by atoms with Gasteiger partial charge in [0.15, 0.2) is 5.82 Å². The fraction of sp³-hybridized carbons (Fsp3) is 0.350. The molecule has 3 aromatic rings. The van der Waals surface area contributed by atoms with Gasteiger partial charge in [0, 0.05) is 42.5 Å². The minimum absolute atomic E-state index is 0.0117. The summed E-state index contributed by atoms with van der Waals surface area (Å²) in [5.74, 6) is 0.926. The normalized spacial score (nSPS) is 18.9. The molecule has 1 N–H and O–H groups in total. The summed E-state index contributed by atoms with van der Waals surface area (Å²) in [7, 11) is 1.56. The molecule has 1 aliphatic rings. The maximum absolute atomic E-state index is 14.2. The Morgan fingerprint density at radius 1 is 1.07 bits per heavy atom. The summed E-state index contributed by atoms with van der Waals surface area (Å²) in [6.07, 6.45) is 3.33. The fourth-order valence-corrected chi connectivity index (χ4v) is 3.34. The van der Waals surface area contributed by atoms with Gasteiger partial charge in [0.05, 0.1) is 25.5 Å².